The predicted octanol–water partition coefficient (Wildman–Crippen LogP) is 7.07. The molecule has 1 fully saturated rings. The molecule has 4 atom stereocenters. The van der Waals surface area contributed by atoms with E-state index in [1.54, 1.807) is 11.1 Å². The van der Waals surface area contributed by atoms with E-state index in [1.807, 2.05) is 5.20 Å². The lowest BCUT2D eigenvalue weighted by molar-refractivity contribution is 0.737. The van der Waals surface area contributed by atoms with E-state index in [0.717, 1.165) is 23.3 Å². The molecule has 2 aliphatic rings. The van der Waals surface area contributed by atoms with Crippen LogP contribution in [0.2, 0.25) is 44.8 Å². The van der Waals surface area contributed by atoms with Crippen LogP contribution in [0.5, 0.6) is 0 Å². The molecule has 2 aromatic carbocycles. The predicted molar refractivity (Wildman–Crippen MR) is 120 cm³/mol. The van der Waals surface area contributed by atoms with Gasteiger partial charge in [0.15, 0.2) is 0 Å². The van der Waals surface area contributed by atoms with Crippen LogP contribution in [0, 0.1) is 11.8 Å². The van der Waals surface area contributed by atoms with Gasteiger partial charge in [-0.05, 0) is 34.1 Å². The van der Waals surface area contributed by atoms with E-state index in [1.165, 1.54) is 5.56 Å². The van der Waals surface area contributed by atoms with Gasteiger partial charge in [0.2, 0.25) is 0 Å². The summed E-state index contributed by atoms with van der Waals surface area (Å²) in [6.45, 7) is 15.3. The molecule has 0 amide bonds. The van der Waals surface area contributed by atoms with E-state index in [0.29, 0.717) is 0 Å². The highest BCUT2D eigenvalue weighted by atomic mass is 28.3. The standard InChI is InChI=1S/C24H32Si2/c1-25(2,3)23-19(17-13-9-7-10-14-17)21(23)22-20(24(22)26(4,5)6)18-15-11-8-12-16-18/h7-16,19,21-23H,1-6H3/t19-,21+,22+,23-/m0/s1. The third-order valence-electron chi connectivity index (χ3n) is 6.37. The van der Waals surface area contributed by atoms with Crippen molar-refractivity contribution in [1.29, 1.82) is 0 Å². The van der Waals surface area contributed by atoms with Gasteiger partial charge < -0.3 is 0 Å². The molecule has 0 heterocycles. The lowest BCUT2D eigenvalue weighted by atomic mass is 10.0. The van der Waals surface area contributed by atoms with Gasteiger partial charge in [0, 0.05) is 14.0 Å². The quantitative estimate of drug-likeness (QED) is 0.489. The van der Waals surface area contributed by atoms with Crippen LogP contribution in [0.25, 0.3) is 5.57 Å². The Bertz CT molecular complexity index is 822. The fourth-order valence-electron chi connectivity index (χ4n) is 5.42. The zero-order chi connectivity index (χ0) is 18.7. The summed E-state index contributed by atoms with van der Waals surface area (Å²) in [5.41, 5.74) is 5.71. The molecule has 136 valence electrons. The summed E-state index contributed by atoms with van der Waals surface area (Å²) >= 11 is 0. The van der Waals surface area contributed by atoms with Crippen molar-refractivity contribution in [1.82, 2.24) is 0 Å². The first kappa shape index (κ1) is 18.0. The van der Waals surface area contributed by atoms with Gasteiger partial charge in [0.25, 0.3) is 0 Å². The van der Waals surface area contributed by atoms with Crippen molar-refractivity contribution in [2.24, 2.45) is 11.8 Å². The van der Waals surface area contributed by atoms with Gasteiger partial charge in [-0.3, -0.25) is 0 Å². The van der Waals surface area contributed by atoms with Gasteiger partial charge in [0.1, 0.15) is 0 Å². The molecule has 2 heteroatoms. The molecule has 4 rings (SSSR count). The lowest BCUT2D eigenvalue weighted by Crippen LogP contribution is -2.23. The minimum Gasteiger partial charge on any atom is -0.0693 e. The maximum Gasteiger partial charge on any atom is 0.0736 e. The van der Waals surface area contributed by atoms with Crippen molar-refractivity contribution in [3.05, 3.63) is 77.0 Å². The van der Waals surface area contributed by atoms with Gasteiger partial charge in [0.05, 0.1) is 8.07 Å². The van der Waals surface area contributed by atoms with Crippen molar-refractivity contribution in [3.63, 3.8) is 0 Å². The van der Waals surface area contributed by atoms with E-state index >= 15 is 0 Å². The van der Waals surface area contributed by atoms with Crippen LogP contribution in [-0.4, -0.2) is 16.1 Å². The molecule has 2 aliphatic carbocycles. The van der Waals surface area contributed by atoms with Crippen molar-refractivity contribution in [3.8, 4) is 0 Å². The molecule has 0 saturated heterocycles. The monoisotopic (exact) mass is 376 g/mol. The van der Waals surface area contributed by atoms with Crippen LogP contribution in [0.3, 0.4) is 0 Å². The van der Waals surface area contributed by atoms with E-state index in [9.17, 15) is 0 Å². The normalized spacial score (nSPS) is 28.2. The minimum atomic E-state index is -1.28. The second-order valence-corrected chi connectivity index (χ2v) is 20.8. The highest BCUT2D eigenvalue weighted by Gasteiger charge is 2.65. The first-order valence-electron chi connectivity index (χ1n) is 10.1. The SMILES string of the molecule is C[Si](C)(C)C1=C(c2ccccc2)[C@@H]1[C@H]1[C@H](c2ccccc2)[C@@H]1[Si](C)(C)C. The first-order valence-corrected chi connectivity index (χ1v) is 17.1. The Morgan fingerprint density at radius 2 is 1.23 bits per heavy atom. The summed E-state index contributed by atoms with van der Waals surface area (Å²) in [5, 5.41) is 1.86. The average Bonchev–Trinajstić information content (AvgIpc) is 3.45. The van der Waals surface area contributed by atoms with E-state index < -0.39 is 16.1 Å². The lowest BCUT2D eigenvalue weighted by Gasteiger charge is -2.18. The molecule has 0 unspecified atom stereocenters. The maximum absolute atomic E-state index is 2.58. The van der Waals surface area contributed by atoms with E-state index in [2.05, 4.69) is 99.9 Å². The van der Waals surface area contributed by atoms with Gasteiger partial charge >= 0.3 is 0 Å². The Labute approximate surface area is 161 Å². The van der Waals surface area contributed by atoms with Crippen molar-refractivity contribution < 1.29 is 0 Å². The highest BCUT2D eigenvalue weighted by Crippen LogP contribution is 2.74. The number of benzene rings is 2. The van der Waals surface area contributed by atoms with E-state index in [4.69, 9.17) is 0 Å². The molecule has 0 radical (unpaired) electrons. The Kier molecular flexibility index (Phi) is 4.20. The summed E-state index contributed by atoms with van der Waals surface area (Å²) in [7, 11) is -2.47. The second kappa shape index (κ2) is 6.07. The Hall–Kier alpha value is -1.39. The third kappa shape index (κ3) is 3.07. The van der Waals surface area contributed by atoms with E-state index in [-0.39, 0.29) is 0 Å². The van der Waals surface area contributed by atoms with Crippen LogP contribution in [0.1, 0.15) is 17.0 Å². The van der Waals surface area contributed by atoms with Crippen molar-refractivity contribution >= 4 is 21.7 Å². The Morgan fingerprint density at radius 3 is 1.73 bits per heavy atom. The van der Waals surface area contributed by atoms with Gasteiger partial charge in [-0.2, -0.15) is 0 Å². The number of allylic oxidation sites excluding steroid dienone is 2. The Morgan fingerprint density at radius 1 is 0.692 bits per heavy atom. The molecule has 0 N–H and O–H groups in total. The second-order valence-electron chi connectivity index (χ2n) is 10.3. The number of hydrogen-bond donors (Lipinski definition) is 0. The molecule has 0 aliphatic heterocycles. The van der Waals surface area contributed by atoms with Gasteiger partial charge in [-0.25, -0.2) is 0 Å². The van der Waals surface area contributed by atoms with Crippen LogP contribution in [0.15, 0.2) is 65.9 Å². The number of hydrogen-bond acceptors (Lipinski definition) is 0. The summed E-state index contributed by atoms with van der Waals surface area (Å²) in [5.74, 6) is 2.38. The smallest absolute Gasteiger partial charge is 0.0693 e. The van der Waals surface area contributed by atoms with Crippen LogP contribution in [0.4, 0.5) is 0 Å². The van der Waals surface area contributed by atoms with Crippen LogP contribution < -0.4 is 0 Å². The molecule has 0 nitrogen and oxygen atoms in total. The molecule has 2 aromatic rings. The molecule has 26 heavy (non-hydrogen) atoms. The molecule has 0 spiro atoms. The fraction of sp³-hybridized carbons (Fsp3) is 0.417. The molecule has 1 saturated carbocycles. The molecule has 0 aromatic heterocycles. The first-order chi connectivity index (χ1) is 12.2. The minimum absolute atomic E-state index is 0.756. The van der Waals surface area contributed by atoms with Crippen molar-refractivity contribution in [2.45, 2.75) is 50.7 Å². The topological polar surface area (TPSA) is 0 Å². The van der Waals surface area contributed by atoms with Crippen LogP contribution >= 0.6 is 0 Å². The third-order valence-corrected chi connectivity index (χ3v) is 11.3. The Balaban J connectivity index is 1.70. The zero-order valence-electron chi connectivity index (χ0n) is 17.1. The largest absolute Gasteiger partial charge is 0.0736 e. The summed E-state index contributed by atoms with van der Waals surface area (Å²) in [4.78, 5) is 0. The van der Waals surface area contributed by atoms with Crippen molar-refractivity contribution in [2.75, 3.05) is 0 Å². The summed E-state index contributed by atoms with van der Waals surface area (Å²) < 4.78 is 0. The van der Waals surface area contributed by atoms with Gasteiger partial charge in [-0.15, -0.1) is 0 Å². The molecular weight excluding hydrogens is 344 g/mol. The molecule has 0 bridgehead atoms. The number of rotatable bonds is 5. The average molecular weight is 377 g/mol. The van der Waals surface area contributed by atoms with Gasteiger partial charge in [-0.1, -0.05) is 105 Å². The fourth-order valence-corrected chi connectivity index (χ4v) is 10.7. The summed E-state index contributed by atoms with van der Waals surface area (Å²) in [6, 6.07) is 22.6. The maximum atomic E-state index is 2.58. The highest BCUT2D eigenvalue weighted by molar-refractivity contribution is 6.86. The summed E-state index contributed by atoms with van der Waals surface area (Å²) in [6.07, 6.45) is 0. The molecular formula is C24H32Si2. The van der Waals surface area contributed by atoms with Crippen LogP contribution in [-0.2, 0) is 0 Å². The zero-order valence-corrected chi connectivity index (χ0v) is 19.1.